The Morgan fingerprint density at radius 1 is 1.23 bits per heavy atom. The lowest BCUT2D eigenvalue weighted by atomic mass is 10.2. The zero-order valence-corrected chi connectivity index (χ0v) is 14.5. The number of ether oxygens (including phenoxy) is 1. The van der Waals surface area contributed by atoms with Gasteiger partial charge in [0.15, 0.2) is 6.10 Å². The maximum atomic E-state index is 11.9. The number of thiophene rings is 1. The number of carbonyl (C=O) groups is 2. The molecule has 0 aliphatic heterocycles. The van der Waals surface area contributed by atoms with Crippen molar-refractivity contribution in [3.63, 3.8) is 0 Å². The van der Waals surface area contributed by atoms with E-state index in [1.165, 1.54) is 11.3 Å². The minimum atomic E-state index is -0.725. The van der Waals surface area contributed by atoms with Crippen LogP contribution in [-0.4, -0.2) is 17.9 Å². The number of hydrogen-bond acceptors (Lipinski definition) is 4. The highest BCUT2D eigenvalue weighted by Gasteiger charge is 2.16. The van der Waals surface area contributed by atoms with Gasteiger partial charge in [0, 0.05) is 0 Å². The molecule has 2 aromatic rings. The Bertz CT molecular complexity index is 687. The van der Waals surface area contributed by atoms with Crippen molar-refractivity contribution < 1.29 is 14.3 Å². The SMILES string of the molecule is Cc1cccc(OC(C)C(=O)NNC(=O)c2ccc(Br)s2)c1. The molecule has 1 unspecified atom stereocenters. The maximum absolute atomic E-state index is 11.9. The van der Waals surface area contributed by atoms with E-state index in [2.05, 4.69) is 26.8 Å². The second-order valence-electron chi connectivity index (χ2n) is 4.62. The van der Waals surface area contributed by atoms with Crippen LogP contribution in [-0.2, 0) is 4.79 Å². The van der Waals surface area contributed by atoms with Gasteiger partial charge in [-0.05, 0) is 59.6 Å². The van der Waals surface area contributed by atoms with Gasteiger partial charge < -0.3 is 4.74 Å². The molecule has 2 N–H and O–H groups in total. The average molecular weight is 383 g/mol. The summed E-state index contributed by atoms with van der Waals surface area (Å²) in [6, 6.07) is 10.8. The summed E-state index contributed by atoms with van der Waals surface area (Å²) >= 11 is 4.56. The number of hydrogen-bond donors (Lipinski definition) is 2. The number of aryl methyl sites for hydroxylation is 1. The van der Waals surface area contributed by atoms with Crippen molar-refractivity contribution in [2.75, 3.05) is 0 Å². The molecule has 1 heterocycles. The fourth-order valence-corrected chi connectivity index (χ4v) is 2.95. The van der Waals surface area contributed by atoms with E-state index < -0.39 is 12.0 Å². The van der Waals surface area contributed by atoms with Crippen LogP contribution in [0.2, 0.25) is 0 Å². The molecule has 0 saturated heterocycles. The molecule has 0 bridgehead atoms. The molecule has 2 rings (SSSR count). The highest BCUT2D eigenvalue weighted by Crippen LogP contribution is 2.21. The van der Waals surface area contributed by atoms with Gasteiger partial charge in [-0.1, -0.05) is 12.1 Å². The van der Waals surface area contributed by atoms with E-state index in [1.807, 2.05) is 25.1 Å². The van der Waals surface area contributed by atoms with Gasteiger partial charge >= 0.3 is 0 Å². The number of halogens is 1. The monoisotopic (exact) mass is 382 g/mol. The highest BCUT2D eigenvalue weighted by atomic mass is 79.9. The van der Waals surface area contributed by atoms with Crippen LogP contribution in [0.5, 0.6) is 5.75 Å². The van der Waals surface area contributed by atoms with Crippen LogP contribution < -0.4 is 15.6 Å². The third-order valence-electron chi connectivity index (χ3n) is 2.77. The lowest BCUT2D eigenvalue weighted by Crippen LogP contribution is -2.47. The van der Waals surface area contributed by atoms with Gasteiger partial charge in [-0.15, -0.1) is 11.3 Å². The van der Waals surface area contributed by atoms with Crippen LogP contribution in [0.3, 0.4) is 0 Å². The van der Waals surface area contributed by atoms with Crippen LogP contribution in [0.4, 0.5) is 0 Å². The molecule has 0 aliphatic carbocycles. The number of amides is 2. The standard InChI is InChI=1S/C15H15BrN2O3S/c1-9-4-3-5-11(8-9)21-10(2)14(19)17-18-15(20)12-6-7-13(16)22-12/h3-8,10H,1-2H3,(H,17,19)(H,18,20). The summed E-state index contributed by atoms with van der Waals surface area (Å²) in [6.07, 6.45) is -0.725. The molecular formula is C15H15BrN2O3S. The quantitative estimate of drug-likeness (QED) is 0.798. The zero-order valence-electron chi connectivity index (χ0n) is 12.1. The molecule has 0 radical (unpaired) electrons. The fourth-order valence-electron chi connectivity index (χ4n) is 1.66. The summed E-state index contributed by atoms with van der Waals surface area (Å²) in [5, 5.41) is 0. The third kappa shape index (κ3) is 4.57. The normalized spacial score (nSPS) is 11.6. The number of benzene rings is 1. The van der Waals surface area contributed by atoms with Gasteiger partial charge in [-0.3, -0.25) is 20.4 Å². The molecule has 7 heteroatoms. The number of nitrogens with one attached hydrogen (secondary N) is 2. The molecule has 0 aliphatic rings. The summed E-state index contributed by atoms with van der Waals surface area (Å²) in [5.41, 5.74) is 5.76. The lowest BCUT2D eigenvalue weighted by Gasteiger charge is -2.15. The summed E-state index contributed by atoms with van der Waals surface area (Å²) in [5.74, 6) is -0.187. The topological polar surface area (TPSA) is 67.4 Å². The van der Waals surface area contributed by atoms with Gasteiger partial charge in [0.1, 0.15) is 5.75 Å². The first-order valence-corrected chi connectivity index (χ1v) is 8.15. The average Bonchev–Trinajstić information content (AvgIpc) is 2.91. The largest absolute Gasteiger partial charge is 0.481 e. The third-order valence-corrected chi connectivity index (χ3v) is 4.39. The predicted octanol–water partition coefficient (Wildman–Crippen LogP) is 3.05. The molecule has 5 nitrogen and oxygen atoms in total. The van der Waals surface area contributed by atoms with Crippen LogP contribution in [0.15, 0.2) is 40.2 Å². The Labute approximate surface area is 140 Å². The smallest absolute Gasteiger partial charge is 0.279 e. The molecular weight excluding hydrogens is 368 g/mol. The van der Waals surface area contributed by atoms with Gasteiger partial charge in [0.25, 0.3) is 11.8 Å². The van der Waals surface area contributed by atoms with Crippen LogP contribution in [0.1, 0.15) is 22.2 Å². The molecule has 0 spiro atoms. The molecule has 2 amide bonds. The summed E-state index contributed by atoms with van der Waals surface area (Å²) in [7, 11) is 0. The molecule has 0 fully saturated rings. The second kappa shape index (κ2) is 7.42. The predicted molar refractivity (Wildman–Crippen MR) is 88.9 cm³/mol. The van der Waals surface area contributed by atoms with E-state index in [4.69, 9.17) is 4.74 Å². The summed E-state index contributed by atoms with van der Waals surface area (Å²) in [6.45, 7) is 3.56. The van der Waals surface area contributed by atoms with Gasteiger partial charge in [-0.25, -0.2) is 0 Å². The Morgan fingerprint density at radius 3 is 2.64 bits per heavy atom. The lowest BCUT2D eigenvalue weighted by molar-refractivity contribution is -0.128. The minimum Gasteiger partial charge on any atom is -0.481 e. The minimum absolute atomic E-state index is 0.369. The van der Waals surface area contributed by atoms with Crippen molar-refractivity contribution in [3.8, 4) is 5.75 Å². The van der Waals surface area contributed by atoms with E-state index in [0.717, 1.165) is 9.35 Å². The van der Waals surface area contributed by atoms with Gasteiger partial charge in [0.05, 0.1) is 8.66 Å². The van der Waals surface area contributed by atoms with Crippen molar-refractivity contribution in [2.24, 2.45) is 0 Å². The first-order chi connectivity index (χ1) is 10.5. The second-order valence-corrected chi connectivity index (χ2v) is 7.09. The van der Waals surface area contributed by atoms with Crippen molar-refractivity contribution in [1.82, 2.24) is 10.9 Å². The Balaban J connectivity index is 1.85. The molecule has 1 aromatic carbocycles. The fraction of sp³-hybridized carbons (Fsp3) is 0.200. The van der Waals surface area contributed by atoms with Gasteiger partial charge in [0.2, 0.25) is 0 Å². The van der Waals surface area contributed by atoms with Crippen molar-refractivity contribution >= 4 is 39.1 Å². The number of carbonyl (C=O) groups excluding carboxylic acids is 2. The van der Waals surface area contributed by atoms with E-state index in [-0.39, 0.29) is 5.91 Å². The summed E-state index contributed by atoms with van der Waals surface area (Å²) in [4.78, 5) is 24.2. The van der Waals surface area contributed by atoms with E-state index >= 15 is 0 Å². The molecule has 1 atom stereocenters. The summed E-state index contributed by atoms with van der Waals surface area (Å²) < 4.78 is 6.38. The molecule has 0 saturated carbocycles. The van der Waals surface area contributed by atoms with Crippen LogP contribution in [0.25, 0.3) is 0 Å². The van der Waals surface area contributed by atoms with E-state index in [9.17, 15) is 9.59 Å². The zero-order chi connectivity index (χ0) is 16.1. The Hall–Kier alpha value is -1.86. The maximum Gasteiger partial charge on any atom is 0.279 e. The highest BCUT2D eigenvalue weighted by molar-refractivity contribution is 9.11. The number of hydrazine groups is 1. The van der Waals surface area contributed by atoms with Crippen molar-refractivity contribution in [2.45, 2.75) is 20.0 Å². The molecule has 22 heavy (non-hydrogen) atoms. The first-order valence-electron chi connectivity index (χ1n) is 6.54. The van der Waals surface area contributed by atoms with Crippen LogP contribution >= 0.6 is 27.3 Å². The Kier molecular flexibility index (Phi) is 5.57. The first kappa shape index (κ1) is 16.5. The number of rotatable bonds is 4. The Morgan fingerprint density at radius 2 is 2.00 bits per heavy atom. The van der Waals surface area contributed by atoms with Crippen molar-refractivity contribution in [3.05, 3.63) is 50.6 Å². The van der Waals surface area contributed by atoms with E-state index in [0.29, 0.717) is 10.6 Å². The van der Waals surface area contributed by atoms with Crippen molar-refractivity contribution in [1.29, 1.82) is 0 Å². The molecule has 116 valence electrons. The van der Waals surface area contributed by atoms with Crippen LogP contribution in [0, 0.1) is 6.92 Å². The van der Waals surface area contributed by atoms with E-state index in [1.54, 1.807) is 25.1 Å². The molecule has 1 aromatic heterocycles. The van der Waals surface area contributed by atoms with Gasteiger partial charge in [-0.2, -0.15) is 0 Å².